The first-order chi connectivity index (χ1) is 15.6. The zero-order valence-corrected chi connectivity index (χ0v) is 17.9. The molecule has 5 rings (SSSR count). The number of piperazine rings is 1. The third-order valence-corrected chi connectivity index (χ3v) is 6.51. The van der Waals surface area contributed by atoms with Gasteiger partial charge in [0.05, 0.1) is 0 Å². The number of rotatable bonds is 5. The number of nitrogens with zero attached hydrogens (tertiary/aromatic N) is 2. The zero-order valence-electron chi connectivity index (χ0n) is 17.9. The van der Waals surface area contributed by atoms with E-state index in [0.29, 0.717) is 25.1 Å². The second-order valence-corrected chi connectivity index (χ2v) is 8.48. The van der Waals surface area contributed by atoms with Crippen molar-refractivity contribution in [2.45, 2.75) is 32.0 Å². The van der Waals surface area contributed by atoms with Crippen LogP contribution in [0.15, 0.2) is 42.5 Å². The molecule has 8 heteroatoms. The summed E-state index contributed by atoms with van der Waals surface area (Å²) in [5, 5.41) is 9.18. The quantitative estimate of drug-likeness (QED) is 0.619. The van der Waals surface area contributed by atoms with E-state index in [0.717, 1.165) is 43.0 Å². The molecule has 1 atom stereocenters. The second kappa shape index (κ2) is 8.63. The molecular weight excluding hydrogens is 406 g/mol. The highest BCUT2D eigenvalue weighted by Crippen LogP contribution is 2.30. The van der Waals surface area contributed by atoms with Gasteiger partial charge in [0, 0.05) is 62.6 Å². The molecular formula is C24H27N5O3. The number of amides is 3. The van der Waals surface area contributed by atoms with Crippen LogP contribution in [0.4, 0.5) is 11.4 Å². The Hall–Kier alpha value is -3.39. The lowest BCUT2D eigenvalue weighted by Crippen LogP contribution is -2.52. The predicted molar refractivity (Wildman–Crippen MR) is 121 cm³/mol. The van der Waals surface area contributed by atoms with E-state index in [-0.39, 0.29) is 24.1 Å². The van der Waals surface area contributed by atoms with Gasteiger partial charge >= 0.3 is 0 Å². The number of imide groups is 1. The van der Waals surface area contributed by atoms with E-state index >= 15 is 0 Å². The number of benzene rings is 2. The fourth-order valence-corrected chi connectivity index (χ4v) is 4.73. The maximum absolute atomic E-state index is 13.0. The molecule has 0 aliphatic carbocycles. The molecule has 2 saturated heterocycles. The van der Waals surface area contributed by atoms with Crippen molar-refractivity contribution >= 4 is 29.1 Å². The number of piperidine rings is 1. The molecule has 3 N–H and O–H groups in total. The molecule has 3 aliphatic rings. The minimum Gasteiger partial charge on any atom is -0.381 e. The number of fused-ring (bicyclic) bond motifs is 1. The number of anilines is 2. The summed E-state index contributed by atoms with van der Waals surface area (Å²) in [4.78, 5) is 40.7. The lowest BCUT2D eigenvalue weighted by Gasteiger charge is -2.29. The maximum atomic E-state index is 13.0. The number of hydrogen-bond donors (Lipinski definition) is 3. The number of carbonyl (C=O) groups is 3. The second-order valence-electron chi connectivity index (χ2n) is 8.48. The first-order valence-electron chi connectivity index (χ1n) is 11.2. The van der Waals surface area contributed by atoms with E-state index in [1.54, 1.807) is 4.90 Å². The van der Waals surface area contributed by atoms with E-state index in [4.69, 9.17) is 0 Å². The van der Waals surface area contributed by atoms with E-state index in [1.807, 2.05) is 18.2 Å². The summed E-state index contributed by atoms with van der Waals surface area (Å²) in [6.07, 6.45) is 0.631. The average molecular weight is 434 g/mol. The molecule has 32 heavy (non-hydrogen) atoms. The van der Waals surface area contributed by atoms with Crippen LogP contribution in [0.25, 0.3) is 0 Å². The minimum atomic E-state index is -0.592. The van der Waals surface area contributed by atoms with Gasteiger partial charge in [0.15, 0.2) is 0 Å². The molecule has 3 aliphatic heterocycles. The molecule has 0 bridgehead atoms. The van der Waals surface area contributed by atoms with Gasteiger partial charge in [-0.2, -0.15) is 0 Å². The molecule has 166 valence electrons. The van der Waals surface area contributed by atoms with Crippen molar-refractivity contribution in [1.29, 1.82) is 0 Å². The molecule has 3 heterocycles. The van der Waals surface area contributed by atoms with Gasteiger partial charge in [-0.1, -0.05) is 12.1 Å². The van der Waals surface area contributed by atoms with Crippen LogP contribution in [0, 0.1) is 0 Å². The van der Waals surface area contributed by atoms with Gasteiger partial charge in [0.1, 0.15) is 6.04 Å². The normalized spacial score (nSPS) is 20.9. The van der Waals surface area contributed by atoms with E-state index in [1.165, 1.54) is 5.69 Å². The van der Waals surface area contributed by atoms with Gasteiger partial charge < -0.3 is 20.4 Å². The van der Waals surface area contributed by atoms with Crippen LogP contribution in [0.5, 0.6) is 0 Å². The highest BCUT2D eigenvalue weighted by atomic mass is 16.2. The number of nitrogens with one attached hydrogen (secondary N) is 3. The fourth-order valence-electron chi connectivity index (χ4n) is 4.73. The summed E-state index contributed by atoms with van der Waals surface area (Å²) in [7, 11) is 0. The Bertz CT molecular complexity index is 1050. The molecule has 8 nitrogen and oxygen atoms in total. The van der Waals surface area contributed by atoms with E-state index in [2.05, 4.69) is 45.1 Å². The molecule has 0 saturated carbocycles. The summed E-state index contributed by atoms with van der Waals surface area (Å²) < 4.78 is 0. The fraction of sp³-hybridized carbons (Fsp3) is 0.375. The predicted octanol–water partition coefficient (Wildman–Crippen LogP) is 1.47. The van der Waals surface area contributed by atoms with Crippen molar-refractivity contribution in [1.82, 2.24) is 15.5 Å². The molecule has 0 spiro atoms. The van der Waals surface area contributed by atoms with Gasteiger partial charge in [-0.3, -0.25) is 19.7 Å². The zero-order chi connectivity index (χ0) is 22.1. The summed E-state index contributed by atoms with van der Waals surface area (Å²) in [5.41, 5.74) is 4.88. The molecule has 2 aromatic rings. The first-order valence-corrected chi connectivity index (χ1v) is 11.2. The Morgan fingerprint density at radius 3 is 2.53 bits per heavy atom. The molecule has 0 radical (unpaired) electrons. The minimum absolute atomic E-state index is 0.142. The summed E-state index contributed by atoms with van der Waals surface area (Å²) >= 11 is 0. The Morgan fingerprint density at radius 1 is 1.00 bits per heavy atom. The Morgan fingerprint density at radius 2 is 1.78 bits per heavy atom. The average Bonchev–Trinajstić information content (AvgIpc) is 3.15. The lowest BCUT2D eigenvalue weighted by atomic mass is 10.0. The van der Waals surface area contributed by atoms with Crippen LogP contribution >= 0.6 is 0 Å². The maximum Gasteiger partial charge on any atom is 0.255 e. The van der Waals surface area contributed by atoms with Crippen molar-refractivity contribution in [3.05, 3.63) is 59.2 Å². The van der Waals surface area contributed by atoms with Gasteiger partial charge in [0.25, 0.3) is 5.91 Å². The van der Waals surface area contributed by atoms with Crippen molar-refractivity contribution in [3.8, 4) is 0 Å². The lowest BCUT2D eigenvalue weighted by molar-refractivity contribution is -0.136. The van der Waals surface area contributed by atoms with Gasteiger partial charge in [-0.05, 0) is 47.9 Å². The van der Waals surface area contributed by atoms with Gasteiger partial charge in [0.2, 0.25) is 11.8 Å². The molecule has 2 aromatic carbocycles. The van der Waals surface area contributed by atoms with E-state index in [9.17, 15) is 14.4 Å². The van der Waals surface area contributed by atoms with Crippen molar-refractivity contribution < 1.29 is 14.4 Å². The Labute approximate surface area is 187 Å². The van der Waals surface area contributed by atoms with E-state index < -0.39 is 6.04 Å². The SMILES string of the molecule is O=C1CCC(N2Cc3c(CNc4ccc(N5CCNCC5)cc4)cccc3C2=O)C(=O)N1. The Balaban J connectivity index is 1.27. The van der Waals surface area contributed by atoms with Crippen LogP contribution in [-0.2, 0) is 22.7 Å². The summed E-state index contributed by atoms with van der Waals surface area (Å²) in [6, 6.07) is 13.6. The van der Waals surface area contributed by atoms with Crippen LogP contribution < -0.4 is 20.9 Å². The first kappa shape index (κ1) is 20.5. The topological polar surface area (TPSA) is 93.8 Å². The van der Waals surface area contributed by atoms with Crippen LogP contribution in [0.2, 0.25) is 0 Å². The monoisotopic (exact) mass is 433 g/mol. The van der Waals surface area contributed by atoms with Crippen LogP contribution in [0.1, 0.15) is 34.3 Å². The van der Waals surface area contributed by atoms with Gasteiger partial charge in [-0.15, -0.1) is 0 Å². The molecule has 0 aromatic heterocycles. The van der Waals surface area contributed by atoms with Crippen molar-refractivity contribution in [3.63, 3.8) is 0 Å². The number of carbonyl (C=O) groups excluding carboxylic acids is 3. The Kier molecular flexibility index (Phi) is 5.53. The van der Waals surface area contributed by atoms with Crippen LogP contribution in [0.3, 0.4) is 0 Å². The molecule has 1 unspecified atom stereocenters. The van der Waals surface area contributed by atoms with Crippen LogP contribution in [-0.4, -0.2) is 54.8 Å². The summed E-state index contributed by atoms with van der Waals surface area (Å²) in [5.74, 6) is -0.799. The third-order valence-electron chi connectivity index (χ3n) is 6.51. The number of hydrogen-bond acceptors (Lipinski definition) is 6. The molecule has 3 amide bonds. The molecule has 2 fully saturated rings. The highest BCUT2D eigenvalue weighted by Gasteiger charge is 2.39. The largest absolute Gasteiger partial charge is 0.381 e. The van der Waals surface area contributed by atoms with Gasteiger partial charge in [-0.25, -0.2) is 0 Å². The highest BCUT2D eigenvalue weighted by molar-refractivity contribution is 6.05. The standard InChI is InChI=1S/C24H27N5O3/c30-22-9-8-21(23(31)27-22)29-15-20-16(2-1-3-19(20)24(29)32)14-26-17-4-6-18(7-5-17)28-12-10-25-11-13-28/h1-7,21,25-26H,8-15H2,(H,27,30,31). The van der Waals surface area contributed by atoms with Crippen molar-refractivity contribution in [2.24, 2.45) is 0 Å². The summed E-state index contributed by atoms with van der Waals surface area (Å²) in [6.45, 7) is 5.02. The van der Waals surface area contributed by atoms with Crippen molar-refractivity contribution in [2.75, 3.05) is 36.4 Å². The third kappa shape index (κ3) is 3.93. The smallest absolute Gasteiger partial charge is 0.255 e.